The predicted molar refractivity (Wildman–Crippen MR) is 165 cm³/mol. The number of hydrogen-bond acceptors (Lipinski definition) is 11. The van der Waals surface area contributed by atoms with Crippen LogP contribution in [0.4, 0.5) is 5.69 Å². The highest BCUT2D eigenvalue weighted by Crippen LogP contribution is 2.47. The molecule has 0 radical (unpaired) electrons. The SMILES string of the molecule is CC(C)(NP(=O)(OC[C@H]1O[C@@H](n2cc(/C=C/Br)c(=O)[nH]c2=O)C[C@H]1O)Oc1ccc([N+](=O)[O-])cc1)C(=O)OCc1ccccc1. The van der Waals surface area contributed by atoms with E-state index in [0.717, 1.165) is 22.3 Å². The zero-order chi connectivity index (χ0) is 32.8. The number of halogens is 1. The van der Waals surface area contributed by atoms with Crippen molar-refractivity contribution >= 4 is 41.4 Å². The van der Waals surface area contributed by atoms with Gasteiger partial charge in [0.2, 0.25) is 0 Å². The number of H-pyrrole nitrogens is 1. The number of esters is 1. The van der Waals surface area contributed by atoms with Crippen LogP contribution in [0.25, 0.3) is 6.08 Å². The van der Waals surface area contributed by atoms with Crippen LogP contribution < -0.4 is 20.9 Å². The van der Waals surface area contributed by atoms with Gasteiger partial charge in [0.15, 0.2) is 0 Å². The number of aromatic amines is 1. The summed E-state index contributed by atoms with van der Waals surface area (Å²) in [5.41, 5.74) is -2.39. The Kier molecular flexibility index (Phi) is 10.9. The first-order valence-corrected chi connectivity index (χ1v) is 15.9. The van der Waals surface area contributed by atoms with Gasteiger partial charge in [0.25, 0.3) is 11.2 Å². The van der Waals surface area contributed by atoms with E-state index in [4.69, 9.17) is 18.5 Å². The molecule has 0 saturated carbocycles. The largest absolute Gasteiger partial charge is 0.459 e. The highest BCUT2D eigenvalue weighted by atomic mass is 79.9. The van der Waals surface area contributed by atoms with E-state index in [1.807, 2.05) is 6.07 Å². The molecule has 0 amide bonds. The van der Waals surface area contributed by atoms with E-state index < -0.39 is 60.5 Å². The number of benzene rings is 2. The van der Waals surface area contributed by atoms with Gasteiger partial charge in [-0.2, -0.15) is 5.09 Å². The molecular weight excluding hydrogens is 679 g/mol. The third kappa shape index (κ3) is 8.84. The summed E-state index contributed by atoms with van der Waals surface area (Å²) in [5.74, 6) is -0.867. The molecule has 3 N–H and O–H groups in total. The van der Waals surface area contributed by atoms with Crippen LogP contribution in [0.2, 0.25) is 0 Å². The molecule has 1 aliphatic rings. The van der Waals surface area contributed by atoms with Crippen LogP contribution >= 0.6 is 23.7 Å². The lowest BCUT2D eigenvalue weighted by Crippen LogP contribution is -2.47. The van der Waals surface area contributed by atoms with Gasteiger partial charge < -0.3 is 19.1 Å². The molecule has 0 bridgehead atoms. The maximum atomic E-state index is 14.1. The fraction of sp³-hybridized carbons (Fsp3) is 0.321. The summed E-state index contributed by atoms with van der Waals surface area (Å²) < 4.78 is 37.7. The third-order valence-corrected chi connectivity index (χ3v) is 8.61. The molecule has 3 aromatic rings. The van der Waals surface area contributed by atoms with Crippen molar-refractivity contribution in [1.82, 2.24) is 14.6 Å². The number of nitrogens with zero attached hydrogens (tertiary/aromatic N) is 2. The fourth-order valence-electron chi connectivity index (χ4n) is 4.25. The van der Waals surface area contributed by atoms with Gasteiger partial charge in [0, 0.05) is 24.8 Å². The lowest BCUT2D eigenvalue weighted by atomic mass is 10.1. The van der Waals surface area contributed by atoms with Crippen LogP contribution in [0.5, 0.6) is 5.75 Å². The minimum Gasteiger partial charge on any atom is -0.459 e. The van der Waals surface area contributed by atoms with Crippen molar-refractivity contribution in [1.29, 1.82) is 0 Å². The highest BCUT2D eigenvalue weighted by molar-refractivity contribution is 9.11. The smallest absolute Gasteiger partial charge is 0.459 e. The quantitative estimate of drug-likeness (QED) is 0.101. The molecule has 1 aliphatic heterocycles. The van der Waals surface area contributed by atoms with Crippen LogP contribution in [-0.2, 0) is 30.0 Å². The molecule has 1 saturated heterocycles. The molecule has 45 heavy (non-hydrogen) atoms. The second-order valence-corrected chi connectivity index (χ2v) is 12.6. The summed E-state index contributed by atoms with van der Waals surface area (Å²) in [6.07, 6.45) is -0.700. The number of ether oxygens (including phenoxy) is 2. The third-order valence-electron chi connectivity index (χ3n) is 6.57. The van der Waals surface area contributed by atoms with Gasteiger partial charge in [-0.15, -0.1) is 0 Å². The van der Waals surface area contributed by atoms with Crippen molar-refractivity contribution < 1.29 is 37.9 Å². The molecule has 240 valence electrons. The molecule has 0 aliphatic carbocycles. The van der Waals surface area contributed by atoms with Crippen molar-refractivity contribution in [3.8, 4) is 5.75 Å². The summed E-state index contributed by atoms with van der Waals surface area (Å²) in [4.78, 5) is 51.6. The molecule has 1 fully saturated rings. The molecule has 15 nitrogen and oxygen atoms in total. The minimum atomic E-state index is -4.50. The number of aliphatic hydroxyl groups is 1. The average Bonchev–Trinajstić information content (AvgIpc) is 3.36. The summed E-state index contributed by atoms with van der Waals surface area (Å²) in [6.45, 7) is 2.21. The van der Waals surface area contributed by atoms with E-state index in [2.05, 4.69) is 26.0 Å². The van der Waals surface area contributed by atoms with Gasteiger partial charge in [-0.25, -0.2) is 9.36 Å². The molecule has 4 rings (SSSR count). The molecule has 4 atom stereocenters. The first kappa shape index (κ1) is 34.0. The fourth-order valence-corrected chi connectivity index (χ4v) is 6.22. The number of carbonyl (C=O) groups excluding carboxylic acids is 1. The lowest BCUT2D eigenvalue weighted by molar-refractivity contribution is -0.384. The number of rotatable bonds is 13. The van der Waals surface area contributed by atoms with Crippen molar-refractivity contribution in [2.45, 2.75) is 50.8 Å². The normalized spacial score (nSPS) is 19.7. The number of carbonyl (C=O) groups is 1. The van der Waals surface area contributed by atoms with Crippen LogP contribution in [-0.4, -0.2) is 49.9 Å². The van der Waals surface area contributed by atoms with Crippen molar-refractivity contribution in [3.05, 3.63) is 108 Å². The maximum Gasteiger partial charge on any atom is 0.459 e. The Labute approximate surface area is 264 Å². The molecule has 0 spiro atoms. The molecule has 1 aromatic heterocycles. The van der Waals surface area contributed by atoms with Gasteiger partial charge in [0.1, 0.15) is 30.2 Å². The molecule has 17 heteroatoms. The minimum absolute atomic E-state index is 0.0556. The lowest BCUT2D eigenvalue weighted by Gasteiger charge is -2.30. The van der Waals surface area contributed by atoms with E-state index in [1.54, 1.807) is 24.3 Å². The van der Waals surface area contributed by atoms with Gasteiger partial charge in [-0.1, -0.05) is 46.3 Å². The van der Waals surface area contributed by atoms with E-state index in [-0.39, 0.29) is 30.0 Å². The summed E-state index contributed by atoms with van der Waals surface area (Å²) in [6, 6.07) is 13.6. The summed E-state index contributed by atoms with van der Waals surface area (Å²) in [7, 11) is -4.50. The number of aromatic nitrogens is 2. The number of nitro benzene ring substituents is 1. The van der Waals surface area contributed by atoms with E-state index >= 15 is 0 Å². The van der Waals surface area contributed by atoms with Crippen LogP contribution in [0, 0.1) is 10.1 Å². The van der Waals surface area contributed by atoms with Crippen molar-refractivity contribution in [2.75, 3.05) is 6.61 Å². The Bertz CT molecular complexity index is 1710. The van der Waals surface area contributed by atoms with E-state index in [0.29, 0.717) is 0 Å². The standard InChI is InChI=1S/C28H30BrN4O11P/c1-28(2,26(36)41-16-18-6-4-3-5-7-18)31-45(40,44-21-10-8-20(9-11-21)33(38)39)42-17-23-22(34)14-24(43-23)32-15-19(12-13-29)25(35)30-27(32)37/h3-13,15,22-24,34H,14,16-17H2,1-2H3,(H,31,40)(H,30,35,37)/b13-12+/t22-,23-,24-,45?/m1/s1. The van der Waals surface area contributed by atoms with Crippen LogP contribution in [0.1, 0.15) is 37.6 Å². The molecule has 2 aromatic carbocycles. The number of nitro groups is 1. The zero-order valence-corrected chi connectivity index (χ0v) is 26.5. The van der Waals surface area contributed by atoms with Crippen molar-refractivity contribution in [2.24, 2.45) is 0 Å². The van der Waals surface area contributed by atoms with Crippen LogP contribution in [0.3, 0.4) is 0 Å². The Morgan fingerprint density at radius 3 is 2.58 bits per heavy atom. The van der Waals surface area contributed by atoms with Crippen molar-refractivity contribution in [3.63, 3.8) is 0 Å². The number of non-ortho nitro benzene ring substituents is 1. The Hall–Kier alpha value is -3.92. The first-order valence-electron chi connectivity index (χ1n) is 13.5. The first-order chi connectivity index (χ1) is 21.3. The van der Waals surface area contributed by atoms with E-state index in [1.165, 1.54) is 43.2 Å². The maximum absolute atomic E-state index is 14.1. The molecular formula is C28H30BrN4O11P. The number of aliphatic hydroxyl groups excluding tert-OH is 1. The second kappa shape index (κ2) is 14.5. The topological polar surface area (TPSA) is 201 Å². The molecule has 1 unspecified atom stereocenters. The van der Waals surface area contributed by atoms with E-state index in [9.17, 15) is 34.2 Å². The Balaban J connectivity index is 1.52. The van der Waals surface area contributed by atoms with Gasteiger partial charge in [-0.3, -0.25) is 33.8 Å². The summed E-state index contributed by atoms with van der Waals surface area (Å²) >= 11 is 3.08. The van der Waals surface area contributed by atoms with Gasteiger partial charge in [0.05, 0.1) is 23.2 Å². The monoisotopic (exact) mass is 708 g/mol. The molecule has 2 heterocycles. The second-order valence-electron chi connectivity index (χ2n) is 10.4. The Morgan fingerprint density at radius 1 is 1.24 bits per heavy atom. The predicted octanol–water partition coefficient (Wildman–Crippen LogP) is 3.77. The Morgan fingerprint density at radius 2 is 1.93 bits per heavy atom. The zero-order valence-electron chi connectivity index (χ0n) is 24.0. The van der Waals surface area contributed by atoms with Gasteiger partial charge >= 0.3 is 19.4 Å². The van der Waals surface area contributed by atoms with Gasteiger partial charge in [-0.05, 0) is 42.6 Å². The number of hydrogen-bond donors (Lipinski definition) is 3. The highest BCUT2D eigenvalue weighted by Gasteiger charge is 2.43. The average molecular weight is 709 g/mol. The van der Waals surface area contributed by atoms with Crippen LogP contribution in [0.15, 0.2) is 75.4 Å². The summed E-state index contributed by atoms with van der Waals surface area (Å²) in [5, 5.41) is 24.3. The number of nitrogens with one attached hydrogen (secondary N) is 2.